The molecule has 0 aliphatic carbocycles. The fraction of sp³-hybridized carbons (Fsp3) is 0.207. The summed E-state index contributed by atoms with van der Waals surface area (Å²) in [5, 5.41) is 0. The van der Waals surface area contributed by atoms with Crippen molar-refractivity contribution in [3.63, 3.8) is 0 Å². The summed E-state index contributed by atoms with van der Waals surface area (Å²) in [4.78, 5) is 15.1. The standard InChI is InChI=1S/C29H30N2O5S/c1-21-19-22(2)28(23(3)20-21)37(33,34)30-16-8-17-31(29(32)27-11-7-18-35-27)24-12-14-26(15-13-24)36-25-9-5-4-6-10-25/h4-7,9-15,18-20,30H,8,16-17H2,1-3H3. The van der Waals surface area contributed by atoms with Gasteiger partial charge in [-0.05, 0) is 86.8 Å². The molecule has 192 valence electrons. The van der Waals surface area contributed by atoms with E-state index in [9.17, 15) is 13.2 Å². The third kappa shape index (κ3) is 6.47. The first-order valence-corrected chi connectivity index (χ1v) is 13.5. The molecule has 37 heavy (non-hydrogen) atoms. The van der Waals surface area contributed by atoms with Crippen LogP contribution in [-0.2, 0) is 10.0 Å². The average molecular weight is 519 g/mol. The van der Waals surface area contributed by atoms with Gasteiger partial charge in [0.1, 0.15) is 11.5 Å². The fourth-order valence-electron chi connectivity index (χ4n) is 4.31. The molecule has 4 rings (SSSR count). The smallest absolute Gasteiger partial charge is 0.293 e. The quantitative estimate of drug-likeness (QED) is 0.260. The van der Waals surface area contributed by atoms with Gasteiger partial charge in [0.05, 0.1) is 11.2 Å². The Bertz CT molecular complexity index is 1430. The first-order chi connectivity index (χ1) is 17.7. The highest BCUT2D eigenvalue weighted by Gasteiger charge is 2.22. The highest BCUT2D eigenvalue weighted by Crippen LogP contribution is 2.26. The Balaban J connectivity index is 1.46. The predicted octanol–water partition coefficient (Wildman–Crippen LogP) is 6.01. The van der Waals surface area contributed by atoms with Gasteiger partial charge in [-0.2, -0.15) is 0 Å². The second-order valence-corrected chi connectivity index (χ2v) is 10.5. The summed E-state index contributed by atoms with van der Waals surface area (Å²) in [6, 6.07) is 23.6. The average Bonchev–Trinajstić information content (AvgIpc) is 3.39. The molecule has 0 aliphatic rings. The Morgan fingerprint density at radius 2 is 1.54 bits per heavy atom. The lowest BCUT2D eigenvalue weighted by Crippen LogP contribution is -2.34. The lowest BCUT2D eigenvalue weighted by Gasteiger charge is -2.22. The SMILES string of the molecule is Cc1cc(C)c(S(=O)(=O)NCCCN(C(=O)c2ccco2)c2ccc(Oc3ccccc3)cc2)c(C)c1. The van der Waals surface area contributed by atoms with E-state index in [0.29, 0.717) is 39.6 Å². The molecule has 0 atom stereocenters. The number of sulfonamides is 1. The number of furan rings is 1. The number of rotatable bonds is 10. The Labute approximate surface area is 217 Å². The molecule has 0 saturated heterocycles. The number of nitrogens with one attached hydrogen (secondary N) is 1. The van der Waals surface area contributed by atoms with Crippen molar-refractivity contribution in [2.45, 2.75) is 32.1 Å². The van der Waals surface area contributed by atoms with E-state index < -0.39 is 10.0 Å². The van der Waals surface area contributed by atoms with Crippen LogP contribution in [-0.4, -0.2) is 27.4 Å². The van der Waals surface area contributed by atoms with Gasteiger partial charge < -0.3 is 14.1 Å². The highest BCUT2D eigenvalue weighted by atomic mass is 32.2. The molecule has 0 bridgehead atoms. The molecule has 1 amide bonds. The van der Waals surface area contributed by atoms with Gasteiger partial charge in [0.15, 0.2) is 5.76 Å². The normalized spacial score (nSPS) is 11.3. The summed E-state index contributed by atoms with van der Waals surface area (Å²) in [5.41, 5.74) is 3.07. The first kappa shape index (κ1) is 26.2. The van der Waals surface area contributed by atoms with E-state index in [1.165, 1.54) is 6.26 Å². The Hall–Kier alpha value is -3.88. The van der Waals surface area contributed by atoms with E-state index in [2.05, 4.69) is 4.72 Å². The molecule has 1 heterocycles. The van der Waals surface area contributed by atoms with Crippen LogP contribution in [0.3, 0.4) is 0 Å². The zero-order valence-corrected chi connectivity index (χ0v) is 21.9. The molecule has 8 heteroatoms. The molecule has 4 aromatic rings. The van der Waals surface area contributed by atoms with Gasteiger partial charge in [0.2, 0.25) is 10.0 Å². The van der Waals surface area contributed by atoms with Crippen molar-refractivity contribution in [1.82, 2.24) is 4.72 Å². The zero-order valence-electron chi connectivity index (χ0n) is 21.1. The van der Waals surface area contributed by atoms with Gasteiger partial charge in [0.25, 0.3) is 5.91 Å². The van der Waals surface area contributed by atoms with Crippen molar-refractivity contribution >= 4 is 21.6 Å². The van der Waals surface area contributed by atoms with E-state index in [1.807, 2.05) is 49.4 Å². The minimum atomic E-state index is -3.69. The molecular weight excluding hydrogens is 488 g/mol. The molecular formula is C29H30N2O5S. The maximum absolute atomic E-state index is 13.2. The molecule has 3 aromatic carbocycles. The maximum Gasteiger partial charge on any atom is 0.293 e. The van der Waals surface area contributed by atoms with Gasteiger partial charge in [0, 0.05) is 18.8 Å². The van der Waals surface area contributed by atoms with Crippen LogP contribution in [0.1, 0.15) is 33.7 Å². The summed E-state index contributed by atoms with van der Waals surface area (Å²) in [5.74, 6) is 1.24. The number of benzene rings is 3. The van der Waals surface area contributed by atoms with Crippen LogP contribution >= 0.6 is 0 Å². The van der Waals surface area contributed by atoms with Crippen molar-refractivity contribution in [2.24, 2.45) is 0 Å². The van der Waals surface area contributed by atoms with E-state index in [-0.39, 0.29) is 24.8 Å². The van der Waals surface area contributed by atoms with Crippen LogP contribution in [0.5, 0.6) is 11.5 Å². The molecule has 0 spiro atoms. The number of nitrogens with zero attached hydrogens (tertiary/aromatic N) is 1. The lowest BCUT2D eigenvalue weighted by molar-refractivity contribution is 0.0960. The summed E-state index contributed by atoms with van der Waals surface area (Å²) < 4.78 is 39.8. The summed E-state index contributed by atoms with van der Waals surface area (Å²) in [6.45, 7) is 5.99. The third-order valence-electron chi connectivity index (χ3n) is 5.83. The molecule has 0 radical (unpaired) electrons. The molecule has 0 aliphatic heterocycles. The van der Waals surface area contributed by atoms with Crippen LogP contribution < -0.4 is 14.4 Å². The molecule has 1 aromatic heterocycles. The van der Waals surface area contributed by atoms with Gasteiger partial charge in [-0.1, -0.05) is 35.9 Å². The fourth-order valence-corrected chi connectivity index (χ4v) is 5.83. The van der Waals surface area contributed by atoms with Crippen molar-refractivity contribution < 1.29 is 22.4 Å². The third-order valence-corrected chi connectivity index (χ3v) is 7.59. The number of aryl methyl sites for hydroxylation is 3. The molecule has 7 nitrogen and oxygen atoms in total. The largest absolute Gasteiger partial charge is 0.459 e. The van der Waals surface area contributed by atoms with E-state index in [1.54, 1.807) is 55.1 Å². The van der Waals surface area contributed by atoms with Crippen molar-refractivity contribution in [3.05, 3.63) is 108 Å². The lowest BCUT2D eigenvalue weighted by atomic mass is 10.1. The van der Waals surface area contributed by atoms with Crippen LogP contribution in [0.25, 0.3) is 0 Å². The van der Waals surface area contributed by atoms with Gasteiger partial charge in [-0.25, -0.2) is 13.1 Å². The molecule has 0 saturated carbocycles. The minimum Gasteiger partial charge on any atom is -0.459 e. The summed E-state index contributed by atoms with van der Waals surface area (Å²) in [6.07, 6.45) is 1.85. The monoisotopic (exact) mass is 518 g/mol. The summed E-state index contributed by atoms with van der Waals surface area (Å²) >= 11 is 0. The number of carbonyl (C=O) groups is 1. The second kappa shape index (κ2) is 11.5. The maximum atomic E-state index is 13.2. The first-order valence-electron chi connectivity index (χ1n) is 12.0. The van der Waals surface area contributed by atoms with Gasteiger partial charge >= 0.3 is 0 Å². The van der Waals surface area contributed by atoms with Crippen LogP contribution in [0.2, 0.25) is 0 Å². The van der Waals surface area contributed by atoms with Crippen molar-refractivity contribution in [3.8, 4) is 11.5 Å². The predicted molar refractivity (Wildman–Crippen MR) is 144 cm³/mol. The number of hydrogen-bond donors (Lipinski definition) is 1. The Morgan fingerprint density at radius 3 is 2.16 bits per heavy atom. The van der Waals surface area contributed by atoms with Crippen LogP contribution in [0.4, 0.5) is 5.69 Å². The van der Waals surface area contributed by atoms with Gasteiger partial charge in [-0.15, -0.1) is 0 Å². The molecule has 1 N–H and O–H groups in total. The Kier molecular flexibility index (Phi) is 8.11. The zero-order chi connectivity index (χ0) is 26.4. The van der Waals surface area contributed by atoms with Crippen molar-refractivity contribution in [1.29, 1.82) is 0 Å². The van der Waals surface area contributed by atoms with E-state index in [4.69, 9.17) is 9.15 Å². The molecule has 0 fully saturated rings. The number of ether oxygens (including phenoxy) is 1. The van der Waals surface area contributed by atoms with Gasteiger partial charge in [-0.3, -0.25) is 4.79 Å². The Morgan fingerprint density at radius 1 is 0.892 bits per heavy atom. The topological polar surface area (TPSA) is 88.9 Å². The number of amides is 1. The van der Waals surface area contributed by atoms with E-state index >= 15 is 0 Å². The number of hydrogen-bond acceptors (Lipinski definition) is 5. The molecule has 0 unspecified atom stereocenters. The highest BCUT2D eigenvalue weighted by molar-refractivity contribution is 7.89. The second-order valence-electron chi connectivity index (χ2n) is 8.82. The number of carbonyl (C=O) groups excluding carboxylic acids is 1. The van der Waals surface area contributed by atoms with Crippen LogP contribution in [0, 0.1) is 20.8 Å². The minimum absolute atomic E-state index is 0.173. The van der Waals surface area contributed by atoms with Crippen LogP contribution in [0.15, 0.2) is 94.4 Å². The van der Waals surface area contributed by atoms with E-state index in [0.717, 1.165) is 5.56 Å². The summed E-state index contributed by atoms with van der Waals surface area (Å²) in [7, 11) is -3.69. The number of para-hydroxylation sites is 1. The number of anilines is 1. The van der Waals surface area contributed by atoms with Crippen molar-refractivity contribution in [2.75, 3.05) is 18.0 Å².